The molecular formula is C29H26N4O8S. The highest BCUT2D eigenvalue weighted by molar-refractivity contribution is 7.07. The fourth-order valence-corrected chi connectivity index (χ4v) is 6.20. The number of amides is 2. The van der Waals surface area contributed by atoms with E-state index in [1.165, 1.54) is 29.6 Å². The van der Waals surface area contributed by atoms with E-state index in [1.807, 2.05) is 0 Å². The average molecular weight is 591 g/mol. The van der Waals surface area contributed by atoms with Gasteiger partial charge in [0.2, 0.25) is 5.91 Å². The quantitative estimate of drug-likeness (QED) is 0.314. The molecule has 3 aromatic rings. The van der Waals surface area contributed by atoms with Gasteiger partial charge in [-0.15, -0.1) is 0 Å². The molecule has 1 aromatic heterocycles. The second-order valence-corrected chi connectivity index (χ2v) is 10.4. The molecule has 2 amide bonds. The van der Waals surface area contributed by atoms with Gasteiger partial charge < -0.3 is 19.9 Å². The summed E-state index contributed by atoms with van der Waals surface area (Å²) in [5.41, 5.74) is 6.76. The number of esters is 2. The number of hydrogen-bond donors (Lipinski definition) is 1. The summed E-state index contributed by atoms with van der Waals surface area (Å²) >= 11 is 0.994. The van der Waals surface area contributed by atoms with Crippen LogP contribution in [0.15, 0.2) is 63.5 Å². The normalized spacial score (nSPS) is 16.9. The molecule has 1 unspecified atom stereocenters. The fraction of sp³-hybridized carbons (Fsp3) is 0.241. The zero-order valence-electron chi connectivity index (χ0n) is 23.1. The molecule has 0 spiro atoms. The molecule has 0 saturated heterocycles. The summed E-state index contributed by atoms with van der Waals surface area (Å²) in [7, 11) is 1.40. The summed E-state index contributed by atoms with van der Waals surface area (Å²) in [6, 6.07) is 10.5. The molecule has 1 atom stereocenters. The third-order valence-corrected chi connectivity index (χ3v) is 7.77. The van der Waals surface area contributed by atoms with Crippen LogP contribution in [0.4, 0.5) is 5.69 Å². The minimum Gasteiger partial charge on any atom is -0.493 e. The van der Waals surface area contributed by atoms with Crippen LogP contribution >= 0.6 is 11.3 Å². The van der Waals surface area contributed by atoms with Gasteiger partial charge in [-0.25, -0.2) is 9.79 Å². The minimum absolute atomic E-state index is 0.0876. The number of fused-ring (bicyclic) bond motifs is 2. The molecule has 12 nitrogen and oxygen atoms in total. The van der Waals surface area contributed by atoms with Gasteiger partial charge in [0.25, 0.3) is 11.5 Å². The maximum Gasteiger partial charge on any atom is 0.338 e. The number of hydrogen-bond acceptors (Lipinski definition) is 10. The SMILES string of the molecule is CCOC(=O)C1=C(C)N=c2sc(=C3C(=O)N(CC(N)=O)c4ccccc43)c(=O)n2C1c1ccc(OC(C)=O)c(OC)c1. The number of anilines is 1. The van der Waals surface area contributed by atoms with E-state index in [-0.39, 0.29) is 45.1 Å². The third-order valence-electron chi connectivity index (χ3n) is 6.71. The summed E-state index contributed by atoms with van der Waals surface area (Å²) in [4.78, 5) is 70.5. The molecule has 2 aliphatic heterocycles. The number of ether oxygens (including phenoxy) is 3. The standard InChI is InChI=1S/C29H26N4O8S/c1-5-40-28(38)22-14(2)31-29-33(24(22)16-10-11-19(41-15(3)34)20(12-16)39-4)27(37)25(42-29)23-17-8-6-7-9-18(17)32(26(23)36)13-21(30)35/h6-12,24H,5,13H2,1-4H3,(H2,30,35). The van der Waals surface area contributed by atoms with E-state index in [4.69, 9.17) is 19.9 Å². The van der Waals surface area contributed by atoms with Crippen LogP contribution in [0, 0.1) is 0 Å². The van der Waals surface area contributed by atoms with Crippen LogP contribution < -0.4 is 35.0 Å². The van der Waals surface area contributed by atoms with Crippen molar-refractivity contribution in [1.82, 2.24) is 4.57 Å². The molecule has 0 bridgehead atoms. The fourth-order valence-electron chi connectivity index (χ4n) is 5.06. The molecule has 42 heavy (non-hydrogen) atoms. The lowest BCUT2D eigenvalue weighted by Crippen LogP contribution is -2.41. The van der Waals surface area contributed by atoms with Gasteiger partial charge in [-0.3, -0.25) is 28.6 Å². The molecule has 2 aromatic carbocycles. The van der Waals surface area contributed by atoms with Gasteiger partial charge in [0.15, 0.2) is 16.3 Å². The Kier molecular flexibility index (Phi) is 7.52. The van der Waals surface area contributed by atoms with Crippen LogP contribution in [0.25, 0.3) is 5.57 Å². The number of carbonyl (C=O) groups excluding carboxylic acids is 4. The summed E-state index contributed by atoms with van der Waals surface area (Å²) in [5.74, 6) is -2.12. The van der Waals surface area contributed by atoms with Crippen LogP contribution in [0.5, 0.6) is 11.5 Å². The van der Waals surface area contributed by atoms with E-state index < -0.39 is 35.4 Å². The van der Waals surface area contributed by atoms with Crippen molar-refractivity contribution in [3.8, 4) is 11.5 Å². The third kappa shape index (κ3) is 4.77. The Labute approximate surface area is 242 Å². The number of nitrogens with zero attached hydrogens (tertiary/aromatic N) is 3. The van der Waals surface area contributed by atoms with E-state index in [2.05, 4.69) is 4.99 Å². The van der Waals surface area contributed by atoms with Crippen LogP contribution in [-0.2, 0) is 23.9 Å². The molecule has 0 saturated carbocycles. The first-order valence-electron chi connectivity index (χ1n) is 12.9. The van der Waals surface area contributed by atoms with Gasteiger partial charge in [0, 0.05) is 12.5 Å². The lowest BCUT2D eigenvalue weighted by Gasteiger charge is -2.25. The maximum absolute atomic E-state index is 14.2. The number of rotatable bonds is 7. The Morgan fingerprint density at radius 3 is 2.50 bits per heavy atom. The number of allylic oxidation sites excluding steroid dienone is 1. The Hall–Kier alpha value is -5.04. The number of nitrogens with two attached hydrogens (primary N) is 1. The van der Waals surface area contributed by atoms with Crippen molar-refractivity contribution in [3.05, 3.63) is 84.5 Å². The van der Waals surface area contributed by atoms with E-state index >= 15 is 0 Å². The molecule has 0 aliphatic carbocycles. The molecule has 3 heterocycles. The number of aromatic nitrogens is 1. The highest BCUT2D eigenvalue weighted by Crippen LogP contribution is 2.37. The van der Waals surface area contributed by atoms with Crippen molar-refractivity contribution < 1.29 is 33.4 Å². The highest BCUT2D eigenvalue weighted by atomic mass is 32.1. The molecule has 2 N–H and O–H groups in total. The van der Waals surface area contributed by atoms with Crippen LogP contribution in [0.2, 0.25) is 0 Å². The molecule has 0 radical (unpaired) electrons. The van der Waals surface area contributed by atoms with E-state index in [0.29, 0.717) is 22.5 Å². The largest absolute Gasteiger partial charge is 0.493 e. The number of benzene rings is 2. The Morgan fingerprint density at radius 1 is 1.10 bits per heavy atom. The van der Waals surface area contributed by atoms with Gasteiger partial charge in [0.05, 0.1) is 42.3 Å². The first-order valence-corrected chi connectivity index (χ1v) is 13.7. The van der Waals surface area contributed by atoms with Crippen molar-refractivity contribution in [2.24, 2.45) is 10.7 Å². The molecule has 13 heteroatoms. The van der Waals surface area contributed by atoms with E-state index in [0.717, 1.165) is 11.3 Å². The summed E-state index contributed by atoms with van der Waals surface area (Å²) < 4.78 is 17.4. The Bertz CT molecular complexity index is 1890. The van der Waals surface area contributed by atoms with E-state index in [1.54, 1.807) is 50.2 Å². The second-order valence-electron chi connectivity index (χ2n) is 9.38. The average Bonchev–Trinajstić information content (AvgIpc) is 3.40. The maximum atomic E-state index is 14.2. The Morgan fingerprint density at radius 2 is 1.83 bits per heavy atom. The molecule has 2 aliphatic rings. The van der Waals surface area contributed by atoms with Crippen LogP contribution in [0.3, 0.4) is 0 Å². The molecular weight excluding hydrogens is 564 g/mol. The zero-order chi connectivity index (χ0) is 30.3. The Balaban J connectivity index is 1.79. The lowest BCUT2D eigenvalue weighted by atomic mass is 9.95. The predicted octanol–water partition coefficient (Wildman–Crippen LogP) is 0.934. The predicted molar refractivity (Wildman–Crippen MR) is 152 cm³/mol. The number of methoxy groups -OCH3 is 1. The minimum atomic E-state index is -1.01. The first kappa shape index (κ1) is 28.5. The van der Waals surface area contributed by atoms with Crippen LogP contribution in [0.1, 0.15) is 37.9 Å². The van der Waals surface area contributed by atoms with Gasteiger partial charge >= 0.3 is 11.9 Å². The van der Waals surface area contributed by atoms with Gasteiger partial charge in [-0.05, 0) is 37.6 Å². The first-order chi connectivity index (χ1) is 20.1. The highest BCUT2D eigenvalue weighted by Gasteiger charge is 2.38. The molecule has 0 fully saturated rings. The number of primary amides is 1. The number of para-hydroxylation sites is 1. The van der Waals surface area contributed by atoms with Crippen molar-refractivity contribution in [3.63, 3.8) is 0 Å². The summed E-state index contributed by atoms with van der Waals surface area (Å²) in [5, 5.41) is 0. The summed E-state index contributed by atoms with van der Waals surface area (Å²) in [6.45, 7) is 4.28. The zero-order valence-corrected chi connectivity index (χ0v) is 23.9. The monoisotopic (exact) mass is 590 g/mol. The van der Waals surface area contributed by atoms with Crippen molar-refractivity contribution in [2.75, 3.05) is 25.2 Å². The summed E-state index contributed by atoms with van der Waals surface area (Å²) in [6.07, 6.45) is 0. The lowest BCUT2D eigenvalue weighted by molar-refractivity contribution is -0.139. The van der Waals surface area contributed by atoms with E-state index in [9.17, 15) is 24.0 Å². The second kappa shape index (κ2) is 11.1. The van der Waals surface area contributed by atoms with Crippen molar-refractivity contribution in [1.29, 1.82) is 0 Å². The molecule has 5 rings (SSSR count). The van der Waals surface area contributed by atoms with Gasteiger partial charge in [0.1, 0.15) is 11.1 Å². The topological polar surface area (TPSA) is 160 Å². The molecule has 216 valence electrons. The number of thiazole rings is 1. The van der Waals surface area contributed by atoms with Crippen molar-refractivity contribution >= 4 is 46.4 Å². The van der Waals surface area contributed by atoms with Gasteiger partial charge in [-0.2, -0.15) is 0 Å². The van der Waals surface area contributed by atoms with Crippen molar-refractivity contribution in [2.45, 2.75) is 26.8 Å². The smallest absolute Gasteiger partial charge is 0.338 e. The number of carbonyl (C=O) groups is 4. The van der Waals surface area contributed by atoms with Crippen LogP contribution in [-0.4, -0.2) is 48.6 Å². The van der Waals surface area contributed by atoms with Gasteiger partial charge in [-0.1, -0.05) is 35.6 Å².